The summed E-state index contributed by atoms with van der Waals surface area (Å²) in [5, 5.41) is 8.91. The Balaban J connectivity index is 3.68. The molecule has 0 aromatic carbocycles. The topological polar surface area (TPSA) is 46.5 Å². The Kier molecular flexibility index (Phi) is 27.5. The van der Waals surface area contributed by atoms with Crippen LogP contribution in [0, 0.1) is 5.92 Å². The molecular formula is C32H58O3. The lowest BCUT2D eigenvalue weighted by atomic mass is 9.93. The van der Waals surface area contributed by atoms with Crippen LogP contribution in [0.15, 0.2) is 36.8 Å². The minimum atomic E-state index is -0.250. The van der Waals surface area contributed by atoms with E-state index in [1.54, 1.807) is 6.08 Å². The second kappa shape index (κ2) is 28.7. The lowest BCUT2D eigenvalue weighted by Gasteiger charge is -2.13. The SMILES string of the molecule is CCCCCCCCCCCCCC(C=C/C=C\O)CCCCCCCCCCC=COC(C)=O. The van der Waals surface area contributed by atoms with E-state index in [9.17, 15) is 4.79 Å². The Bertz CT molecular complexity index is 521. The van der Waals surface area contributed by atoms with E-state index in [4.69, 9.17) is 9.84 Å². The van der Waals surface area contributed by atoms with Crippen molar-refractivity contribution >= 4 is 5.97 Å². The van der Waals surface area contributed by atoms with Crippen LogP contribution in [0.2, 0.25) is 0 Å². The number of unbranched alkanes of at least 4 members (excludes halogenated alkanes) is 18. The fraction of sp³-hybridized carbons (Fsp3) is 0.781. The lowest BCUT2D eigenvalue weighted by molar-refractivity contribution is -0.135. The van der Waals surface area contributed by atoms with E-state index in [1.807, 2.05) is 12.2 Å². The Hall–Kier alpha value is -1.51. The molecule has 1 unspecified atom stereocenters. The average Bonchev–Trinajstić information content (AvgIpc) is 2.84. The van der Waals surface area contributed by atoms with E-state index in [2.05, 4.69) is 13.0 Å². The number of rotatable bonds is 26. The van der Waals surface area contributed by atoms with Crippen LogP contribution in [0.5, 0.6) is 0 Å². The largest absolute Gasteiger partial charge is 0.516 e. The molecule has 0 spiro atoms. The fourth-order valence-electron chi connectivity index (χ4n) is 4.62. The highest BCUT2D eigenvalue weighted by atomic mass is 16.5. The molecule has 0 aliphatic carbocycles. The molecule has 0 aliphatic rings. The third-order valence-electron chi connectivity index (χ3n) is 6.78. The number of allylic oxidation sites excluding steroid dienone is 4. The van der Waals surface area contributed by atoms with Gasteiger partial charge in [-0.1, -0.05) is 135 Å². The highest BCUT2D eigenvalue weighted by Crippen LogP contribution is 2.21. The zero-order valence-electron chi connectivity index (χ0n) is 23.4. The van der Waals surface area contributed by atoms with Crippen LogP contribution >= 0.6 is 0 Å². The van der Waals surface area contributed by atoms with Crippen molar-refractivity contribution in [2.24, 2.45) is 5.92 Å². The van der Waals surface area contributed by atoms with Crippen LogP contribution in [-0.4, -0.2) is 11.1 Å². The van der Waals surface area contributed by atoms with Gasteiger partial charge < -0.3 is 9.84 Å². The van der Waals surface area contributed by atoms with Gasteiger partial charge in [0, 0.05) is 6.92 Å². The van der Waals surface area contributed by atoms with Gasteiger partial charge in [-0.15, -0.1) is 0 Å². The number of aliphatic hydroxyl groups is 1. The summed E-state index contributed by atoms with van der Waals surface area (Å²) >= 11 is 0. The van der Waals surface area contributed by atoms with Gasteiger partial charge in [-0.3, -0.25) is 4.79 Å². The lowest BCUT2D eigenvalue weighted by Crippen LogP contribution is -1.97. The minimum absolute atomic E-state index is 0.250. The van der Waals surface area contributed by atoms with Gasteiger partial charge >= 0.3 is 5.97 Å². The predicted molar refractivity (Wildman–Crippen MR) is 153 cm³/mol. The molecule has 3 nitrogen and oxygen atoms in total. The molecule has 35 heavy (non-hydrogen) atoms. The first-order chi connectivity index (χ1) is 17.2. The fourth-order valence-corrected chi connectivity index (χ4v) is 4.62. The third kappa shape index (κ3) is 28.6. The Morgan fingerprint density at radius 1 is 0.686 bits per heavy atom. The van der Waals surface area contributed by atoms with Gasteiger partial charge in [0.1, 0.15) is 0 Å². The van der Waals surface area contributed by atoms with Gasteiger partial charge in [0.2, 0.25) is 0 Å². The molecule has 3 heteroatoms. The van der Waals surface area contributed by atoms with Crippen molar-refractivity contribution in [3.05, 3.63) is 36.8 Å². The molecule has 0 radical (unpaired) electrons. The van der Waals surface area contributed by atoms with Crippen LogP contribution < -0.4 is 0 Å². The second-order valence-corrected chi connectivity index (χ2v) is 10.2. The maximum atomic E-state index is 10.7. The summed E-state index contributed by atoms with van der Waals surface area (Å²) in [6.45, 7) is 3.71. The summed E-state index contributed by atoms with van der Waals surface area (Å²) in [6.07, 6.45) is 40.0. The van der Waals surface area contributed by atoms with Crippen molar-refractivity contribution in [2.75, 3.05) is 0 Å². The van der Waals surface area contributed by atoms with Crippen molar-refractivity contribution < 1.29 is 14.6 Å². The molecule has 1 N–H and O–H groups in total. The first-order valence-electron chi connectivity index (χ1n) is 15.0. The number of carbonyl (C=O) groups is 1. The number of aliphatic hydroxyl groups excluding tert-OH is 1. The molecule has 0 fully saturated rings. The van der Waals surface area contributed by atoms with E-state index in [1.165, 1.54) is 148 Å². The predicted octanol–water partition coefficient (Wildman–Crippen LogP) is 10.9. The molecule has 0 saturated carbocycles. The highest BCUT2D eigenvalue weighted by Gasteiger charge is 2.05. The zero-order chi connectivity index (χ0) is 25.7. The quantitative estimate of drug-likeness (QED) is 0.0567. The number of carbonyl (C=O) groups excluding carboxylic acids is 1. The van der Waals surface area contributed by atoms with Crippen LogP contribution in [0.1, 0.15) is 155 Å². The van der Waals surface area contributed by atoms with Crippen molar-refractivity contribution in [1.29, 1.82) is 0 Å². The monoisotopic (exact) mass is 490 g/mol. The molecule has 0 aromatic rings. The van der Waals surface area contributed by atoms with E-state index < -0.39 is 0 Å². The molecule has 0 amide bonds. The normalized spacial score (nSPS) is 12.9. The Morgan fingerprint density at radius 2 is 1.14 bits per heavy atom. The summed E-state index contributed by atoms with van der Waals surface area (Å²) in [4.78, 5) is 10.7. The van der Waals surface area contributed by atoms with Gasteiger partial charge in [-0.25, -0.2) is 0 Å². The Morgan fingerprint density at radius 3 is 1.60 bits per heavy atom. The molecule has 0 aliphatic heterocycles. The second-order valence-electron chi connectivity index (χ2n) is 10.2. The number of hydrogen-bond donors (Lipinski definition) is 1. The van der Waals surface area contributed by atoms with Crippen molar-refractivity contribution in [3.8, 4) is 0 Å². The van der Waals surface area contributed by atoms with E-state index in [0.29, 0.717) is 5.92 Å². The first kappa shape index (κ1) is 33.5. The zero-order valence-corrected chi connectivity index (χ0v) is 23.4. The summed E-state index contributed by atoms with van der Waals surface area (Å²) in [5.74, 6) is 0.407. The van der Waals surface area contributed by atoms with Gasteiger partial charge in [0.05, 0.1) is 12.5 Å². The summed E-state index contributed by atoms with van der Waals surface area (Å²) < 4.78 is 4.79. The van der Waals surface area contributed by atoms with Crippen LogP contribution in [0.25, 0.3) is 0 Å². The number of ether oxygens (including phenoxy) is 1. The summed E-state index contributed by atoms with van der Waals surface area (Å²) in [7, 11) is 0. The maximum Gasteiger partial charge on any atom is 0.307 e. The molecule has 0 aromatic heterocycles. The smallest absolute Gasteiger partial charge is 0.307 e. The van der Waals surface area contributed by atoms with Crippen LogP contribution in [0.4, 0.5) is 0 Å². The molecule has 204 valence electrons. The third-order valence-corrected chi connectivity index (χ3v) is 6.78. The molecule has 0 bridgehead atoms. The van der Waals surface area contributed by atoms with E-state index >= 15 is 0 Å². The van der Waals surface area contributed by atoms with Gasteiger partial charge in [0.25, 0.3) is 0 Å². The van der Waals surface area contributed by atoms with Gasteiger partial charge in [-0.2, -0.15) is 0 Å². The molecule has 1 atom stereocenters. The van der Waals surface area contributed by atoms with Gasteiger partial charge in [-0.05, 0) is 43.8 Å². The number of hydrogen-bond acceptors (Lipinski definition) is 3. The highest BCUT2D eigenvalue weighted by molar-refractivity contribution is 5.66. The summed E-state index contributed by atoms with van der Waals surface area (Å²) in [6, 6.07) is 0. The van der Waals surface area contributed by atoms with E-state index in [-0.39, 0.29) is 5.97 Å². The molecule has 0 heterocycles. The first-order valence-corrected chi connectivity index (χ1v) is 15.0. The summed E-state index contributed by atoms with van der Waals surface area (Å²) in [5.41, 5.74) is 0. The average molecular weight is 491 g/mol. The van der Waals surface area contributed by atoms with E-state index in [0.717, 1.165) is 12.7 Å². The van der Waals surface area contributed by atoms with Crippen molar-refractivity contribution in [2.45, 2.75) is 155 Å². The van der Waals surface area contributed by atoms with Gasteiger partial charge in [0.15, 0.2) is 0 Å². The van der Waals surface area contributed by atoms with Crippen LogP contribution in [0.3, 0.4) is 0 Å². The maximum absolute atomic E-state index is 10.7. The standard InChI is InChI=1S/C32H58O3/c1-3-4-5-6-7-8-9-12-15-18-21-26-32(28-23-24-29-33)27-22-19-16-13-10-11-14-17-20-25-30-35-31(2)34/h23-25,28-30,32-33H,3-22,26-27H2,1-2H3/b28-23?,29-24-,30-25?. The van der Waals surface area contributed by atoms with Crippen molar-refractivity contribution in [3.63, 3.8) is 0 Å². The van der Waals surface area contributed by atoms with Crippen LogP contribution in [-0.2, 0) is 9.53 Å². The molecule has 0 rings (SSSR count). The molecule has 0 saturated heterocycles. The van der Waals surface area contributed by atoms with Crippen molar-refractivity contribution in [1.82, 2.24) is 0 Å². The number of esters is 1. The minimum Gasteiger partial charge on any atom is -0.516 e. The Labute approximate surface area is 218 Å². The molecular weight excluding hydrogens is 432 g/mol.